The van der Waals surface area contributed by atoms with E-state index < -0.39 is 0 Å². The molecule has 1 fully saturated rings. The number of hydrogen-bond acceptors (Lipinski definition) is 4. The minimum absolute atomic E-state index is 0.0952. The van der Waals surface area contributed by atoms with Gasteiger partial charge in [0.05, 0.1) is 12.2 Å². The van der Waals surface area contributed by atoms with Crippen LogP contribution < -0.4 is 5.32 Å². The summed E-state index contributed by atoms with van der Waals surface area (Å²) in [5.41, 5.74) is 2.49. The van der Waals surface area contributed by atoms with Crippen LogP contribution in [0.3, 0.4) is 0 Å². The Hall–Kier alpha value is -3.93. The highest BCUT2D eigenvalue weighted by Crippen LogP contribution is 2.49. The van der Waals surface area contributed by atoms with E-state index in [0.29, 0.717) is 30.5 Å². The highest BCUT2D eigenvalue weighted by atomic mass is 19.1. The number of nitrogens with one attached hydrogen (secondary N) is 1. The van der Waals surface area contributed by atoms with Gasteiger partial charge in [0.25, 0.3) is 5.91 Å². The van der Waals surface area contributed by atoms with Crippen LogP contribution in [0.15, 0.2) is 79.3 Å². The van der Waals surface area contributed by atoms with Crippen LogP contribution in [0.5, 0.6) is 0 Å². The molecule has 0 aliphatic heterocycles. The van der Waals surface area contributed by atoms with Gasteiger partial charge in [0.1, 0.15) is 11.6 Å². The van der Waals surface area contributed by atoms with E-state index >= 15 is 0 Å². The van der Waals surface area contributed by atoms with Gasteiger partial charge in [0.2, 0.25) is 0 Å². The molecule has 1 aliphatic carbocycles. The van der Waals surface area contributed by atoms with Crippen LogP contribution in [0.2, 0.25) is 0 Å². The van der Waals surface area contributed by atoms with Crippen LogP contribution in [0, 0.1) is 11.7 Å². The Morgan fingerprint density at radius 2 is 1.91 bits per heavy atom. The molecular formula is C27H22FN3O2. The molecule has 0 saturated heterocycles. The lowest BCUT2D eigenvalue weighted by Crippen LogP contribution is -2.23. The summed E-state index contributed by atoms with van der Waals surface area (Å²) in [5, 5.41) is 4.87. The molecule has 2 atom stereocenters. The summed E-state index contributed by atoms with van der Waals surface area (Å²) in [6.07, 6.45) is 6.10. The second kappa shape index (κ2) is 8.90. The van der Waals surface area contributed by atoms with Crippen molar-refractivity contribution in [3.8, 4) is 0 Å². The van der Waals surface area contributed by atoms with E-state index in [2.05, 4.69) is 15.3 Å². The molecule has 0 radical (unpaired) electrons. The Morgan fingerprint density at radius 1 is 1.00 bits per heavy atom. The summed E-state index contributed by atoms with van der Waals surface area (Å²) in [5.74, 6) is -0.992. The van der Waals surface area contributed by atoms with Gasteiger partial charge in [-0.15, -0.1) is 0 Å². The van der Waals surface area contributed by atoms with E-state index in [4.69, 9.17) is 0 Å². The Bertz CT molecular complexity index is 1340. The van der Waals surface area contributed by atoms with E-state index in [9.17, 15) is 14.0 Å². The van der Waals surface area contributed by atoms with Gasteiger partial charge in [-0.1, -0.05) is 24.3 Å². The number of halogens is 1. The van der Waals surface area contributed by atoms with E-state index in [1.165, 1.54) is 12.1 Å². The molecule has 0 unspecified atom stereocenters. The zero-order valence-electron chi connectivity index (χ0n) is 17.9. The fraction of sp³-hybridized carbons (Fsp3) is 0.185. The number of amides is 1. The van der Waals surface area contributed by atoms with Gasteiger partial charge in [-0.3, -0.25) is 19.6 Å². The fourth-order valence-corrected chi connectivity index (χ4v) is 4.21. The van der Waals surface area contributed by atoms with Crippen LogP contribution >= 0.6 is 0 Å². The molecule has 1 amide bonds. The fourth-order valence-electron chi connectivity index (χ4n) is 4.21. The Kier molecular flexibility index (Phi) is 5.65. The van der Waals surface area contributed by atoms with Gasteiger partial charge in [-0.2, -0.15) is 0 Å². The van der Waals surface area contributed by atoms with Crippen molar-refractivity contribution in [1.29, 1.82) is 0 Å². The number of carbonyl (C=O) groups excluding carboxylic acids is 2. The first-order chi connectivity index (χ1) is 16.1. The number of fused-ring (bicyclic) bond motifs is 1. The number of rotatable bonds is 7. The predicted octanol–water partition coefficient (Wildman–Crippen LogP) is 4.61. The molecule has 164 valence electrons. The summed E-state index contributed by atoms with van der Waals surface area (Å²) in [6.45, 7) is 0.290. The zero-order valence-corrected chi connectivity index (χ0v) is 17.9. The van der Waals surface area contributed by atoms with Crippen molar-refractivity contribution < 1.29 is 14.0 Å². The van der Waals surface area contributed by atoms with E-state index in [0.717, 1.165) is 22.0 Å². The predicted molar refractivity (Wildman–Crippen MR) is 123 cm³/mol. The van der Waals surface area contributed by atoms with Gasteiger partial charge < -0.3 is 5.32 Å². The number of pyridine rings is 2. The first-order valence-corrected chi connectivity index (χ1v) is 10.9. The Morgan fingerprint density at radius 3 is 2.76 bits per heavy atom. The van der Waals surface area contributed by atoms with Crippen LogP contribution in [-0.4, -0.2) is 21.7 Å². The summed E-state index contributed by atoms with van der Waals surface area (Å²) in [6, 6.07) is 17.6. The Labute approximate surface area is 190 Å². The number of benzene rings is 2. The second-order valence-electron chi connectivity index (χ2n) is 8.39. The first-order valence-electron chi connectivity index (χ1n) is 10.9. The van der Waals surface area contributed by atoms with E-state index in [1.807, 2.05) is 42.5 Å². The van der Waals surface area contributed by atoms with Crippen LogP contribution in [0.4, 0.5) is 4.39 Å². The normalized spacial score (nSPS) is 17.0. The molecule has 0 spiro atoms. The van der Waals surface area contributed by atoms with Crippen molar-refractivity contribution in [2.45, 2.75) is 25.3 Å². The van der Waals surface area contributed by atoms with Crippen molar-refractivity contribution in [3.05, 3.63) is 107 Å². The van der Waals surface area contributed by atoms with Crippen molar-refractivity contribution >= 4 is 22.5 Å². The van der Waals surface area contributed by atoms with Gasteiger partial charge >= 0.3 is 0 Å². The summed E-state index contributed by atoms with van der Waals surface area (Å²) in [7, 11) is 0. The molecule has 4 aromatic rings. The van der Waals surface area contributed by atoms with Crippen LogP contribution in [0.25, 0.3) is 10.8 Å². The quantitative estimate of drug-likeness (QED) is 0.456. The lowest BCUT2D eigenvalue weighted by molar-refractivity contribution is -0.119. The molecule has 6 heteroatoms. The lowest BCUT2D eigenvalue weighted by atomic mass is 9.99. The highest BCUT2D eigenvalue weighted by molar-refractivity contribution is 5.94. The minimum Gasteiger partial charge on any atom is -0.346 e. The highest BCUT2D eigenvalue weighted by Gasteiger charge is 2.44. The van der Waals surface area contributed by atoms with Gasteiger partial charge in [0, 0.05) is 41.9 Å². The second-order valence-corrected chi connectivity index (χ2v) is 8.39. The van der Waals surface area contributed by atoms with E-state index in [-0.39, 0.29) is 29.3 Å². The lowest BCUT2D eigenvalue weighted by Gasteiger charge is -2.08. The molecule has 2 aromatic carbocycles. The number of aromatic nitrogens is 2. The molecule has 33 heavy (non-hydrogen) atoms. The molecule has 2 aromatic heterocycles. The minimum atomic E-state index is -0.380. The summed E-state index contributed by atoms with van der Waals surface area (Å²) in [4.78, 5) is 33.7. The van der Waals surface area contributed by atoms with Gasteiger partial charge in [-0.05, 0) is 65.3 Å². The monoisotopic (exact) mass is 439 g/mol. The van der Waals surface area contributed by atoms with Crippen LogP contribution in [-0.2, 0) is 17.8 Å². The average Bonchev–Trinajstić information content (AvgIpc) is 3.64. The SMILES string of the molecule is O=C(NCc1ccccn1)c1ccc(F)c([C@@H]2C[C@H]2C(=O)Cc2ccc3cnccc3c2)c1. The van der Waals surface area contributed by atoms with E-state index in [1.54, 1.807) is 24.7 Å². The zero-order chi connectivity index (χ0) is 22.8. The summed E-state index contributed by atoms with van der Waals surface area (Å²) >= 11 is 0. The molecule has 2 heterocycles. The van der Waals surface area contributed by atoms with Gasteiger partial charge in [0.15, 0.2) is 0 Å². The molecule has 5 nitrogen and oxygen atoms in total. The van der Waals surface area contributed by atoms with Crippen molar-refractivity contribution in [2.24, 2.45) is 5.92 Å². The number of carbonyl (C=O) groups is 2. The van der Waals surface area contributed by atoms with Crippen molar-refractivity contribution in [3.63, 3.8) is 0 Å². The largest absolute Gasteiger partial charge is 0.346 e. The number of Topliss-reactive ketones (excluding diaryl/α,β-unsaturated/α-hetero) is 1. The molecule has 5 rings (SSSR count). The smallest absolute Gasteiger partial charge is 0.251 e. The van der Waals surface area contributed by atoms with Crippen molar-refractivity contribution in [2.75, 3.05) is 0 Å². The maximum absolute atomic E-state index is 14.6. The van der Waals surface area contributed by atoms with Gasteiger partial charge in [-0.25, -0.2) is 4.39 Å². The molecular weight excluding hydrogens is 417 g/mol. The summed E-state index contributed by atoms with van der Waals surface area (Å²) < 4.78 is 14.6. The molecule has 1 aliphatic rings. The van der Waals surface area contributed by atoms with Crippen molar-refractivity contribution in [1.82, 2.24) is 15.3 Å². The standard InChI is InChI=1S/C27H22FN3O2/c28-25-7-6-19(27(33)31-16-21-3-1-2-9-30-21)13-23(25)22-14-24(22)26(32)12-17-4-5-20-15-29-10-8-18(20)11-17/h1-11,13,15,22,24H,12,14,16H2,(H,31,33)/t22-,24+/m0/s1. The topological polar surface area (TPSA) is 72.0 Å². The number of ketones is 1. The maximum Gasteiger partial charge on any atom is 0.251 e. The average molecular weight is 439 g/mol. The third-order valence-electron chi connectivity index (χ3n) is 6.10. The number of nitrogens with zero attached hydrogens (tertiary/aromatic N) is 2. The third-order valence-corrected chi connectivity index (χ3v) is 6.10. The van der Waals surface area contributed by atoms with Crippen LogP contribution in [0.1, 0.15) is 39.5 Å². The molecule has 1 saturated carbocycles. The molecule has 0 bridgehead atoms. The number of hydrogen-bond donors (Lipinski definition) is 1. The maximum atomic E-state index is 14.6. The Balaban J connectivity index is 1.25. The first kappa shape index (κ1) is 20.9. The third kappa shape index (κ3) is 4.65. The molecule has 1 N–H and O–H groups in total.